The standard InChI is InChI=1S/C24H19F4NO3/c25-16-7-5-6-15(12-16)23(21(31)14-30)29-13-19(17-8-1-3-10-20(17)29)18-9-2-4-11-22(18)32-24(26,27)28/h1-13,21,23,30-31H,14H2/t21-,23+/m1/s1. The van der Waals surface area contributed by atoms with Gasteiger partial charge in [-0.1, -0.05) is 48.5 Å². The van der Waals surface area contributed by atoms with Gasteiger partial charge in [0.05, 0.1) is 12.6 Å². The molecule has 0 saturated carbocycles. The SMILES string of the molecule is OC[C@@H](O)[C@H](c1cccc(F)c1)n1cc(-c2ccccc2OC(F)(F)F)c2ccccc21. The quantitative estimate of drug-likeness (QED) is 0.397. The normalized spacial score (nSPS) is 13.8. The van der Waals surface area contributed by atoms with Crippen molar-refractivity contribution in [1.29, 1.82) is 0 Å². The molecule has 32 heavy (non-hydrogen) atoms. The molecule has 4 nitrogen and oxygen atoms in total. The number of halogens is 4. The Kier molecular flexibility index (Phi) is 5.90. The van der Waals surface area contributed by atoms with Gasteiger partial charge in [0, 0.05) is 28.2 Å². The van der Waals surface area contributed by atoms with E-state index in [1.165, 1.54) is 36.4 Å². The molecule has 3 aromatic carbocycles. The van der Waals surface area contributed by atoms with Gasteiger partial charge in [-0.15, -0.1) is 13.2 Å². The molecule has 166 valence electrons. The van der Waals surface area contributed by atoms with Crippen LogP contribution in [-0.4, -0.2) is 33.9 Å². The van der Waals surface area contributed by atoms with E-state index in [1.54, 1.807) is 47.2 Å². The van der Waals surface area contributed by atoms with E-state index >= 15 is 0 Å². The van der Waals surface area contributed by atoms with E-state index in [9.17, 15) is 27.8 Å². The van der Waals surface area contributed by atoms with Crippen molar-refractivity contribution in [1.82, 2.24) is 4.57 Å². The van der Waals surface area contributed by atoms with Gasteiger partial charge in [0.25, 0.3) is 0 Å². The fourth-order valence-electron chi connectivity index (χ4n) is 3.91. The molecule has 2 atom stereocenters. The predicted octanol–water partition coefficient (Wildman–Crippen LogP) is 5.29. The van der Waals surface area contributed by atoms with E-state index in [-0.39, 0.29) is 11.3 Å². The lowest BCUT2D eigenvalue weighted by Gasteiger charge is -2.25. The van der Waals surface area contributed by atoms with Crippen LogP contribution in [0.25, 0.3) is 22.0 Å². The van der Waals surface area contributed by atoms with E-state index in [2.05, 4.69) is 4.74 Å². The van der Waals surface area contributed by atoms with E-state index in [1.807, 2.05) is 0 Å². The maximum absolute atomic E-state index is 13.9. The van der Waals surface area contributed by atoms with Gasteiger partial charge in [-0.2, -0.15) is 0 Å². The van der Waals surface area contributed by atoms with Crippen molar-refractivity contribution in [2.24, 2.45) is 0 Å². The van der Waals surface area contributed by atoms with Gasteiger partial charge in [0.15, 0.2) is 0 Å². The number of aromatic nitrogens is 1. The number of para-hydroxylation sites is 2. The van der Waals surface area contributed by atoms with Crippen LogP contribution in [0.5, 0.6) is 5.75 Å². The second-order valence-corrected chi connectivity index (χ2v) is 7.26. The van der Waals surface area contributed by atoms with Crippen LogP contribution in [0.3, 0.4) is 0 Å². The molecule has 1 heterocycles. The summed E-state index contributed by atoms with van der Waals surface area (Å²) in [5.41, 5.74) is 1.63. The highest BCUT2D eigenvalue weighted by atomic mass is 19.4. The molecular formula is C24H19F4NO3. The Balaban J connectivity index is 1.95. The third-order valence-electron chi connectivity index (χ3n) is 5.18. The topological polar surface area (TPSA) is 54.6 Å². The van der Waals surface area contributed by atoms with Crippen molar-refractivity contribution in [2.45, 2.75) is 18.5 Å². The molecule has 0 bridgehead atoms. The molecule has 0 aliphatic carbocycles. The molecule has 0 spiro atoms. The highest BCUT2D eigenvalue weighted by molar-refractivity contribution is 5.97. The second-order valence-electron chi connectivity index (χ2n) is 7.26. The highest BCUT2D eigenvalue weighted by Crippen LogP contribution is 2.40. The Bertz CT molecular complexity index is 1240. The van der Waals surface area contributed by atoms with Gasteiger partial charge in [-0.3, -0.25) is 0 Å². The smallest absolute Gasteiger partial charge is 0.405 e. The van der Waals surface area contributed by atoms with E-state index in [4.69, 9.17) is 0 Å². The van der Waals surface area contributed by atoms with Gasteiger partial charge >= 0.3 is 6.36 Å². The number of nitrogens with zero attached hydrogens (tertiary/aromatic N) is 1. The number of hydrogen-bond acceptors (Lipinski definition) is 3. The first-order chi connectivity index (χ1) is 15.3. The summed E-state index contributed by atoms with van der Waals surface area (Å²) in [6, 6.07) is 17.4. The van der Waals surface area contributed by atoms with Crippen LogP contribution in [-0.2, 0) is 0 Å². The number of fused-ring (bicyclic) bond motifs is 1. The molecule has 0 saturated heterocycles. The van der Waals surface area contributed by atoms with Crippen LogP contribution in [0, 0.1) is 5.82 Å². The molecular weight excluding hydrogens is 426 g/mol. The second kappa shape index (κ2) is 8.64. The van der Waals surface area contributed by atoms with Crippen molar-refractivity contribution in [3.63, 3.8) is 0 Å². The summed E-state index contributed by atoms with van der Waals surface area (Å²) in [7, 11) is 0. The first-order valence-electron chi connectivity index (χ1n) is 9.77. The fraction of sp³-hybridized carbons (Fsp3) is 0.167. The van der Waals surface area contributed by atoms with Gasteiger partial charge in [-0.05, 0) is 29.8 Å². The van der Waals surface area contributed by atoms with Crippen LogP contribution in [0.2, 0.25) is 0 Å². The summed E-state index contributed by atoms with van der Waals surface area (Å²) in [5.74, 6) is -0.883. The molecule has 0 aliphatic rings. The number of alkyl halides is 3. The van der Waals surface area contributed by atoms with Gasteiger partial charge in [0.1, 0.15) is 17.7 Å². The third kappa shape index (κ3) is 4.32. The monoisotopic (exact) mass is 445 g/mol. The predicted molar refractivity (Wildman–Crippen MR) is 112 cm³/mol. The molecule has 0 unspecified atom stereocenters. The average Bonchev–Trinajstić information content (AvgIpc) is 3.12. The fourth-order valence-corrected chi connectivity index (χ4v) is 3.91. The number of hydrogen-bond donors (Lipinski definition) is 2. The van der Waals surface area contributed by atoms with Crippen molar-refractivity contribution < 1.29 is 32.5 Å². The molecule has 4 aromatic rings. The van der Waals surface area contributed by atoms with Gasteiger partial charge in [0.2, 0.25) is 0 Å². The first kappa shape index (κ1) is 21.9. The lowest BCUT2D eigenvalue weighted by Crippen LogP contribution is -2.28. The largest absolute Gasteiger partial charge is 0.573 e. The van der Waals surface area contributed by atoms with Gasteiger partial charge < -0.3 is 19.5 Å². The lowest BCUT2D eigenvalue weighted by atomic mass is 10.0. The number of rotatable bonds is 6. The van der Waals surface area contributed by atoms with Crippen LogP contribution >= 0.6 is 0 Å². The zero-order valence-corrected chi connectivity index (χ0v) is 16.6. The molecule has 0 fully saturated rings. The minimum Gasteiger partial charge on any atom is -0.405 e. The summed E-state index contributed by atoms with van der Waals surface area (Å²) in [5, 5.41) is 20.9. The molecule has 0 amide bonds. The molecule has 4 rings (SSSR count). The summed E-state index contributed by atoms with van der Waals surface area (Å²) in [6.45, 7) is -0.600. The zero-order chi connectivity index (χ0) is 22.9. The maximum Gasteiger partial charge on any atom is 0.573 e. The number of benzene rings is 3. The van der Waals surface area contributed by atoms with Crippen LogP contribution in [0.4, 0.5) is 17.6 Å². The van der Waals surface area contributed by atoms with Crippen LogP contribution in [0.1, 0.15) is 11.6 Å². The summed E-state index contributed by atoms with van der Waals surface area (Å²) >= 11 is 0. The third-order valence-corrected chi connectivity index (χ3v) is 5.18. The molecule has 2 N–H and O–H groups in total. The lowest BCUT2D eigenvalue weighted by molar-refractivity contribution is -0.274. The minimum atomic E-state index is -4.87. The van der Waals surface area contributed by atoms with E-state index < -0.39 is 30.9 Å². The molecule has 1 aromatic heterocycles. The van der Waals surface area contributed by atoms with E-state index in [0.29, 0.717) is 22.0 Å². The van der Waals surface area contributed by atoms with Crippen molar-refractivity contribution in [3.8, 4) is 16.9 Å². The Morgan fingerprint density at radius 2 is 1.62 bits per heavy atom. The summed E-state index contributed by atoms with van der Waals surface area (Å²) in [6.07, 6.45) is -4.58. The number of ether oxygens (including phenoxy) is 1. The van der Waals surface area contributed by atoms with Crippen LogP contribution < -0.4 is 4.74 Å². The first-order valence-corrected chi connectivity index (χ1v) is 9.77. The molecule has 0 aliphatic heterocycles. The Hall–Kier alpha value is -3.36. The number of aliphatic hydroxyl groups is 2. The van der Waals surface area contributed by atoms with Gasteiger partial charge in [-0.25, -0.2) is 4.39 Å². The van der Waals surface area contributed by atoms with Crippen molar-refractivity contribution in [2.75, 3.05) is 6.61 Å². The number of aliphatic hydroxyl groups excluding tert-OH is 2. The summed E-state index contributed by atoms with van der Waals surface area (Å²) in [4.78, 5) is 0. The Morgan fingerprint density at radius 1 is 0.906 bits per heavy atom. The Morgan fingerprint density at radius 3 is 2.34 bits per heavy atom. The van der Waals surface area contributed by atoms with Crippen molar-refractivity contribution >= 4 is 10.9 Å². The Labute approximate surface area is 180 Å². The van der Waals surface area contributed by atoms with Crippen molar-refractivity contribution in [3.05, 3.63) is 90.4 Å². The minimum absolute atomic E-state index is 0.205. The highest BCUT2D eigenvalue weighted by Gasteiger charge is 2.33. The zero-order valence-electron chi connectivity index (χ0n) is 16.6. The average molecular weight is 445 g/mol. The van der Waals surface area contributed by atoms with E-state index in [0.717, 1.165) is 0 Å². The maximum atomic E-state index is 13.9. The molecule has 0 radical (unpaired) electrons. The summed E-state index contributed by atoms with van der Waals surface area (Å²) < 4.78 is 58.7. The van der Waals surface area contributed by atoms with Crippen LogP contribution in [0.15, 0.2) is 79.0 Å². The molecule has 8 heteroatoms.